The summed E-state index contributed by atoms with van der Waals surface area (Å²) in [5.41, 5.74) is -0.533. The van der Waals surface area contributed by atoms with Crippen molar-refractivity contribution in [3.63, 3.8) is 0 Å². The lowest BCUT2D eigenvalue weighted by Gasteiger charge is -2.33. The molecule has 4 heteroatoms. The Hall–Kier alpha value is -1.03. The Balaban J connectivity index is 2.74. The third-order valence-corrected chi connectivity index (χ3v) is 4.97. The number of hydrogen-bond acceptors (Lipinski definition) is 1. The van der Waals surface area contributed by atoms with E-state index < -0.39 is 23.1 Å². The van der Waals surface area contributed by atoms with E-state index in [9.17, 15) is 13.2 Å². The minimum atomic E-state index is -0.882. The highest BCUT2D eigenvalue weighted by Gasteiger charge is 2.30. The number of ether oxygens (including phenoxy) is 1. The van der Waals surface area contributed by atoms with Crippen LogP contribution in [0.15, 0.2) is 12.1 Å². The molecule has 1 unspecified atom stereocenters. The molecule has 138 valence electrons. The molecule has 1 aromatic rings. The third-order valence-electron chi connectivity index (χ3n) is 4.97. The first-order valence-electron chi connectivity index (χ1n) is 9.00. The average molecular weight is 344 g/mol. The van der Waals surface area contributed by atoms with Gasteiger partial charge in [0.25, 0.3) is 0 Å². The Bertz CT molecular complexity index is 477. The first kappa shape index (κ1) is 21.0. The molecule has 0 saturated heterocycles. The quantitative estimate of drug-likeness (QED) is 0.420. The van der Waals surface area contributed by atoms with Crippen molar-refractivity contribution in [1.82, 2.24) is 0 Å². The lowest BCUT2D eigenvalue weighted by atomic mass is 9.81. The number of methoxy groups -OCH3 is 1. The van der Waals surface area contributed by atoms with E-state index in [-0.39, 0.29) is 17.9 Å². The second-order valence-electron chi connectivity index (χ2n) is 7.11. The number of rotatable bonds is 11. The van der Waals surface area contributed by atoms with Crippen LogP contribution in [0.4, 0.5) is 13.2 Å². The molecule has 0 heterocycles. The number of benzene rings is 1. The van der Waals surface area contributed by atoms with Crippen LogP contribution in [0.1, 0.15) is 71.3 Å². The van der Waals surface area contributed by atoms with Crippen LogP contribution in [-0.2, 0) is 11.2 Å². The largest absolute Gasteiger partial charge is 0.379 e. The second kappa shape index (κ2) is 10.1. The Kier molecular flexibility index (Phi) is 8.82. The van der Waals surface area contributed by atoms with Crippen LogP contribution < -0.4 is 0 Å². The summed E-state index contributed by atoms with van der Waals surface area (Å²) in [6.45, 7) is 6.06. The molecular weight excluding hydrogens is 313 g/mol. The van der Waals surface area contributed by atoms with Gasteiger partial charge in [-0.2, -0.15) is 0 Å². The maximum Gasteiger partial charge on any atom is 0.132 e. The van der Waals surface area contributed by atoms with Crippen molar-refractivity contribution in [3.8, 4) is 0 Å². The predicted molar refractivity (Wildman–Crippen MR) is 92.6 cm³/mol. The van der Waals surface area contributed by atoms with Gasteiger partial charge in [-0.25, -0.2) is 13.2 Å². The molecule has 1 rings (SSSR count). The SMILES string of the molecule is CCCCCCCCC(Cc1c(F)cc(F)cc1F)C(C)(C)OC. The van der Waals surface area contributed by atoms with Gasteiger partial charge in [0, 0.05) is 24.8 Å². The Morgan fingerprint density at radius 3 is 2.04 bits per heavy atom. The summed E-state index contributed by atoms with van der Waals surface area (Å²) in [5.74, 6) is -2.53. The van der Waals surface area contributed by atoms with Gasteiger partial charge in [-0.1, -0.05) is 45.4 Å². The van der Waals surface area contributed by atoms with Crippen LogP contribution in [0, 0.1) is 23.4 Å². The molecule has 1 atom stereocenters. The molecule has 1 aromatic carbocycles. The van der Waals surface area contributed by atoms with E-state index in [1.807, 2.05) is 13.8 Å². The van der Waals surface area contributed by atoms with E-state index in [0.29, 0.717) is 0 Å². The molecule has 0 aliphatic carbocycles. The van der Waals surface area contributed by atoms with Crippen molar-refractivity contribution in [2.75, 3.05) is 7.11 Å². The van der Waals surface area contributed by atoms with Crippen molar-refractivity contribution in [1.29, 1.82) is 0 Å². The smallest absolute Gasteiger partial charge is 0.132 e. The summed E-state index contributed by atoms with van der Waals surface area (Å²) in [6, 6.07) is 1.50. The molecule has 0 saturated carbocycles. The van der Waals surface area contributed by atoms with Gasteiger partial charge >= 0.3 is 0 Å². The summed E-state index contributed by atoms with van der Waals surface area (Å²) in [6.07, 6.45) is 8.05. The van der Waals surface area contributed by atoms with Crippen molar-refractivity contribution >= 4 is 0 Å². The molecule has 0 aromatic heterocycles. The molecular formula is C20H31F3O. The Morgan fingerprint density at radius 1 is 0.958 bits per heavy atom. The molecule has 0 fully saturated rings. The van der Waals surface area contributed by atoms with Gasteiger partial charge in [0.1, 0.15) is 17.5 Å². The molecule has 0 radical (unpaired) electrons. The zero-order chi connectivity index (χ0) is 18.2. The van der Waals surface area contributed by atoms with E-state index >= 15 is 0 Å². The maximum absolute atomic E-state index is 14.0. The molecule has 0 spiro atoms. The highest BCUT2D eigenvalue weighted by Crippen LogP contribution is 2.31. The number of halogens is 3. The summed E-state index contributed by atoms with van der Waals surface area (Å²) < 4.78 is 46.6. The summed E-state index contributed by atoms with van der Waals surface area (Å²) in [7, 11) is 1.62. The maximum atomic E-state index is 14.0. The molecule has 24 heavy (non-hydrogen) atoms. The minimum Gasteiger partial charge on any atom is -0.379 e. The number of unbranched alkanes of at least 4 members (excludes halogenated alkanes) is 5. The molecule has 0 aliphatic heterocycles. The molecule has 1 nitrogen and oxygen atoms in total. The summed E-state index contributed by atoms with van der Waals surface area (Å²) in [5, 5.41) is 0. The fourth-order valence-electron chi connectivity index (χ4n) is 3.05. The molecule has 0 N–H and O–H groups in total. The van der Waals surface area contributed by atoms with E-state index in [2.05, 4.69) is 6.92 Å². The van der Waals surface area contributed by atoms with Crippen LogP contribution in [0.25, 0.3) is 0 Å². The summed E-state index contributed by atoms with van der Waals surface area (Å²) >= 11 is 0. The number of hydrogen-bond donors (Lipinski definition) is 0. The van der Waals surface area contributed by atoms with Crippen molar-refractivity contribution < 1.29 is 17.9 Å². The minimum absolute atomic E-state index is 0.0249. The van der Waals surface area contributed by atoms with Gasteiger partial charge in [-0.3, -0.25) is 0 Å². The van der Waals surface area contributed by atoms with Crippen molar-refractivity contribution in [2.45, 2.75) is 77.7 Å². The van der Waals surface area contributed by atoms with Gasteiger partial charge < -0.3 is 4.74 Å². The van der Waals surface area contributed by atoms with Crippen LogP contribution in [0.5, 0.6) is 0 Å². The fourth-order valence-corrected chi connectivity index (χ4v) is 3.05. The van der Waals surface area contributed by atoms with Gasteiger partial charge in [-0.05, 0) is 32.6 Å². The Morgan fingerprint density at radius 2 is 1.50 bits per heavy atom. The van der Waals surface area contributed by atoms with Gasteiger partial charge in [0.15, 0.2) is 0 Å². The predicted octanol–water partition coefficient (Wildman–Crippen LogP) is 6.44. The van der Waals surface area contributed by atoms with Crippen LogP contribution in [-0.4, -0.2) is 12.7 Å². The summed E-state index contributed by atoms with van der Waals surface area (Å²) in [4.78, 5) is 0. The normalized spacial score (nSPS) is 13.3. The van der Waals surface area contributed by atoms with Gasteiger partial charge in [0.05, 0.1) is 5.60 Å². The van der Waals surface area contributed by atoms with E-state index in [4.69, 9.17) is 4.74 Å². The highest BCUT2D eigenvalue weighted by atomic mass is 19.1. The molecule has 0 bridgehead atoms. The highest BCUT2D eigenvalue weighted by molar-refractivity contribution is 5.22. The van der Waals surface area contributed by atoms with E-state index in [1.54, 1.807) is 7.11 Å². The third kappa shape index (κ3) is 6.46. The monoisotopic (exact) mass is 344 g/mol. The van der Waals surface area contributed by atoms with Crippen molar-refractivity contribution in [2.24, 2.45) is 5.92 Å². The zero-order valence-electron chi connectivity index (χ0n) is 15.4. The second-order valence-corrected chi connectivity index (χ2v) is 7.11. The van der Waals surface area contributed by atoms with Crippen LogP contribution in [0.3, 0.4) is 0 Å². The lowest BCUT2D eigenvalue weighted by molar-refractivity contribution is -0.0319. The van der Waals surface area contributed by atoms with E-state index in [1.165, 1.54) is 25.7 Å². The lowest BCUT2D eigenvalue weighted by Crippen LogP contribution is -2.35. The fraction of sp³-hybridized carbons (Fsp3) is 0.700. The van der Waals surface area contributed by atoms with Crippen LogP contribution >= 0.6 is 0 Å². The molecule has 0 aliphatic rings. The van der Waals surface area contributed by atoms with Crippen molar-refractivity contribution in [3.05, 3.63) is 35.1 Å². The van der Waals surface area contributed by atoms with E-state index in [0.717, 1.165) is 31.4 Å². The van der Waals surface area contributed by atoms with Gasteiger partial charge in [-0.15, -0.1) is 0 Å². The standard InChI is InChI=1S/C20H31F3O/c1-5-6-7-8-9-10-11-15(20(2,3)24-4)12-17-18(22)13-16(21)14-19(17)23/h13-15H,5-12H2,1-4H3. The first-order valence-corrected chi connectivity index (χ1v) is 9.00. The van der Waals surface area contributed by atoms with Gasteiger partial charge in [0.2, 0.25) is 0 Å². The zero-order valence-corrected chi connectivity index (χ0v) is 15.4. The molecule has 0 amide bonds. The topological polar surface area (TPSA) is 9.23 Å². The first-order chi connectivity index (χ1) is 11.3. The Labute approximate surface area is 144 Å². The average Bonchev–Trinajstić information content (AvgIpc) is 2.51. The van der Waals surface area contributed by atoms with Crippen LogP contribution in [0.2, 0.25) is 0 Å².